The number of hydrogen-bond acceptors (Lipinski definition) is 6. The Balaban J connectivity index is 4.38. The molecule has 0 aliphatic rings. The molecule has 0 saturated carbocycles. The van der Waals surface area contributed by atoms with Crippen LogP contribution in [-0.2, 0) is 0 Å². The van der Waals surface area contributed by atoms with Crippen LogP contribution in [0, 0.1) is 0 Å². The molecule has 0 amide bonds. The van der Waals surface area contributed by atoms with E-state index in [0.29, 0.717) is 6.54 Å². The average Bonchev–Trinajstić information content (AvgIpc) is 2.24. The predicted molar refractivity (Wildman–Crippen MR) is 58.5 cm³/mol. The standard InChI is InChI=1S/C9H23N3O3/c1-3-12-5-8(15)9(10,6-13)7(14)4-11-2/h7-8,11-15H,3-6,10H2,1-2H3. The molecule has 7 N–H and O–H groups in total. The van der Waals surface area contributed by atoms with E-state index < -0.39 is 24.4 Å². The fourth-order valence-corrected chi connectivity index (χ4v) is 1.29. The molecule has 15 heavy (non-hydrogen) atoms. The van der Waals surface area contributed by atoms with Crippen LogP contribution in [0.4, 0.5) is 0 Å². The summed E-state index contributed by atoms with van der Waals surface area (Å²) in [4.78, 5) is 0. The van der Waals surface area contributed by atoms with Gasteiger partial charge in [0.25, 0.3) is 0 Å². The number of likely N-dealkylation sites (N-methyl/N-ethyl adjacent to an activating group) is 2. The van der Waals surface area contributed by atoms with Crippen LogP contribution < -0.4 is 16.4 Å². The van der Waals surface area contributed by atoms with Gasteiger partial charge in [0.2, 0.25) is 0 Å². The lowest BCUT2D eigenvalue weighted by molar-refractivity contribution is -0.0366. The zero-order valence-electron chi connectivity index (χ0n) is 9.40. The van der Waals surface area contributed by atoms with E-state index >= 15 is 0 Å². The first-order valence-corrected chi connectivity index (χ1v) is 5.14. The van der Waals surface area contributed by atoms with E-state index in [1.54, 1.807) is 7.05 Å². The Morgan fingerprint density at radius 1 is 1.27 bits per heavy atom. The minimum absolute atomic E-state index is 0.222. The highest BCUT2D eigenvalue weighted by Gasteiger charge is 2.39. The highest BCUT2D eigenvalue weighted by atomic mass is 16.3. The largest absolute Gasteiger partial charge is 0.394 e. The third-order valence-corrected chi connectivity index (χ3v) is 2.50. The zero-order valence-corrected chi connectivity index (χ0v) is 9.40. The van der Waals surface area contributed by atoms with E-state index in [0.717, 1.165) is 0 Å². The minimum Gasteiger partial charge on any atom is -0.394 e. The summed E-state index contributed by atoms with van der Waals surface area (Å²) in [6.45, 7) is 2.59. The Kier molecular flexibility index (Phi) is 6.99. The maximum Gasteiger partial charge on any atom is 0.0939 e. The Morgan fingerprint density at radius 2 is 1.80 bits per heavy atom. The van der Waals surface area contributed by atoms with E-state index in [-0.39, 0.29) is 13.1 Å². The van der Waals surface area contributed by atoms with Crippen LogP contribution in [-0.4, -0.2) is 66.4 Å². The van der Waals surface area contributed by atoms with Crippen molar-refractivity contribution in [3.63, 3.8) is 0 Å². The van der Waals surface area contributed by atoms with Crippen molar-refractivity contribution in [3.05, 3.63) is 0 Å². The zero-order chi connectivity index (χ0) is 11.9. The van der Waals surface area contributed by atoms with Gasteiger partial charge in [-0.1, -0.05) is 6.92 Å². The molecule has 0 aromatic heterocycles. The predicted octanol–water partition coefficient (Wildman–Crippen LogP) is -2.77. The highest BCUT2D eigenvalue weighted by Crippen LogP contribution is 2.11. The molecule has 0 bridgehead atoms. The van der Waals surface area contributed by atoms with Crippen molar-refractivity contribution in [2.45, 2.75) is 24.7 Å². The molecule has 0 aromatic rings. The number of rotatable bonds is 8. The molecule has 0 saturated heterocycles. The minimum atomic E-state index is -1.40. The SMILES string of the molecule is CCNCC(O)C(N)(CO)C(O)CNC. The number of aliphatic hydroxyl groups is 3. The van der Waals surface area contributed by atoms with E-state index in [4.69, 9.17) is 10.8 Å². The molecule has 0 heterocycles. The fraction of sp³-hybridized carbons (Fsp3) is 1.00. The van der Waals surface area contributed by atoms with Gasteiger partial charge in [-0.15, -0.1) is 0 Å². The molecule has 92 valence electrons. The van der Waals surface area contributed by atoms with Crippen LogP contribution in [0.15, 0.2) is 0 Å². The summed E-state index contributed by atoms with van der Waals surface area (Å²) in [7, 11) is 1.66. The Labute approximate surface area is 90.5 Å². The Hall–Kier alpha value is -0.240. The second-order valence-electron chi connectivity index (χ2n) is 3.67. The van der Waals surface area contributed by atoms with Gasteiger partial charge in [0.05, 0.1) is 24.4 Å². The first-order chi connectivity index (χ1) is 7.02. The summed E-state index contributed by atoms with van der Waals surface area (Å²) in [5, 5.41) is 34.3. The molecule has 0 aromatic carbocycles. The van der Waals surface area contributed by atoms with Gasteiger partial charge >= 0.3 is 0 Å². The number of hydrogen-bond donors (Lipinski definition) is 6. The lowest BCUT2D eigenvalue weighted by Gasteiger charge is -2.36. The second-order valence-corrected chi connectivity index (χ2v) is 3.67. The summed E-state index contributed by atoms with van der Waals surface area (Å²) < 4.78 is 0. The topological polar surface area (TPSA) is 111 Å². The van der Waals surface area contributed by atoms with Crippen molar-refractivity contribution >= 4 is 0 Å². The normalized spacial score (nSPS) is 19.6. The van der Waals surface area contributed by atoms with Crippen LogP contribution in [0.5, 0.6) is 0 Å². The molecule has 3 atom stereocenters. The average molecular weight is 221 g/mol. The molecular weight excluding hydrogens is 198 g/mol. The summed E-state index contributed by atoms with van der Waals surface area (Å²) in [6, 6.07) is 0. The summed E-state index contributed by atoms with van der Waals surface area (Å²) in [5.41, 5.74) is 4.38. The Bertz CT molecular complexity index is 171. The molecule has 0 fully saturated rings. The van der Waals surface area contributed by atoms with Gasteiger partial charge in [0, 0.05) is 13.1 Å². The molecule has 0 aliphatic carbocycles. The fourth-order valence-electron chi connectivity index (χ4n) is 1.29. The van der Waals surface area contributed by atoms with Crippen LogP contribution >= 0.6 is 0 Å². The third kappa shape index (κ3) is 4.02. The van der Waals surface area contributed by atoms with Gasteiger partial charge in [-0.25, -0.2) is 0 Å². The van der Waals surface area contributed by atoms with Crippen molar-refractivity contribution in [2.75, 3.05) is 33.3 Å². The lowest BCUT2D eigenvalue weighted by atomic mass is 9.87. The maximum absolute atomic E-state index is 9.76. The number of nitrogens with one attached hydrogen (secondary N) is 2. The molecule has 0 aliphatic heterocycles. The van der Waals surface area contributed by atoms with Crippen molar-refractivity contribution in [2.24, 2.45) is 5.73 Å². The first kappa shape index (κ1) is 14.8. The van der Waals surface area contributed by atoms with Crippen molar-refractivity contribution in [1.82, 2.24) is 10.6 Å². The molecule has 6 nitrogen and oxygen atoms in total. The monoisotopic (exact) mass is 221 g/mol. The summed E-state index contributed by atoms with van der Waals surface area (Å²) in [5.74, 6) is 0. The summed E-state index contributed by atoms with van der Waals surface area (Å²) >= 11 is 0. The van der Waals surface area contributed by atoms with E-state index in [9.17, 15) is 10.2 Å². The van der Waals surface area contributed by atoms with Crippen LogP contribution in [0.25, 0.3) is 0 Å². The van der Waals surface area contributed by atoms with Gasteiger partial charge < -0.3 is 31.7 Å². The molecule has 0 spiro atoms. The summed E-state index contributed by atoms with van der Waals surface area (Å²) in [6.07, 6.45) is -1.99. The van der Waals surface area contributed by atoms with Crippen molar-refractivity contribution < 1.29 is 15.3 Å². The molecule has 0 radical (unpaired) electrons. The van der Waals surface area contributed by atoms with Gasteiger partial charge in [-0.2, -0.15) is 0 Å². The van der Waals surface area contributed by atoms with Gasteiger partial charge in [0.1, 0.15) is 0 Å². The van der Waals surface area contributed by atoms with E-state index in [1.807, 2.05) is 6.92 Å². The van der Waals surface area contributed by atoms with E-state index in [1.165, 1.54) is 0 Å². The highest BCUT2D eigenvalue weighted by molar-refractivity contribution is 4.99. The van der Waals surface area contributed by atoms with Crippen LogP contribution in [0.3, 0.4) is 0 Å². The van der Waals surface area contributed by atoms with Crippen molar-refractivity contribution in [1.29, 1.82) is 0 Å². The van der Waals surface area contributed by atoms with Crippen LogP contribution in [0.1, 0.15) is 6.92 Å². The maximum atomic E-state index is 9.76. The quantitative estimate of drug-likeness (QED) is 0.265. The first-order valence-electron chi connectivity index (χ1n) is 5.14. The lowest BCUT2D eigenvalue weighted by Crippen LogP contribution is -2.66. The number of aliphatic hydroxyl groups excluding tert-OH is 3. The third-order valence-electron chi connectivity index (χ3n) is 2.50. The second kappa shape index (κ2) is 7.10. The molecular formula is C9H23N3O3. The van der Waals surface area contributed by atoms with Crippen LogP contribution in [0.2, 0.25) is 0 Å². The smallest absolute Gasteiger partial charge is 0.0939 e. The number of nitrogens with two attached hydrogens (primary N) is 1. The van der Waals surface area contributed by atoms with Gasteiger partial charge in [-0.3, -0.25) is 0 Å². The molecule has 3 unspecified atom stereocenters. The van der Waals surface area contributed by atoms with Gasteiger partial charge in [0.15, 0.2) is 0 Å². The Morgan fingerprint density at radius 3 is 2.20 bits per heavy atom. The van der Waals surface area contributed by atoms with E-state index in [2.05, 4.69) is 10.6 Å². The van der Waals surface area contributed by atoms with Crippen molar-refractivity contribution in [3.8, 4) is 0 Å². The van der Waals surface area contributed by atoms with Gasteiger partial charge in [-0.05, 0) is 13.6 Å². The molecule has 6 heteroatoms. The molecule has 0 rings (SSSR count).